The highest BCUT2D eigenvalue weighted by atomic mass is 16.5. The maximum Gasteiger partial charge on any atom is 0.241 e. The number of ketones is 1. The van der Waals surface area contributed by atoms with Crippen molar-refractivity contribution in [3.05, 3.63) is 84.6 Å². The number of benzene rings is 2. The van der Waals surface area contributed by atoms with Crippen molar-refractivity contribution in [2.24, 2.45) is 15.3 Å². The van der Waals surface area contributed by atoms with Crippen LogP contribution in [0.3, 0.4) is 0 Å². The zero-order valence-electron chi connectivity index (χ0n) is 14.6. The number of aromatic nitrogens is 1. The van der Waals surface area contributed by atoms with Crippen molar-refractivity contribution < 1.29 is 9.53 Å². The van der Waals surface area contributed by atoms with Crippen molar-refractivity contribution in [2.45, 2.75) is 0 Å². The summed E-state index contributed by atoms with van der Waals surface area (Å²) in [6.07, 6.45) is 1.60. The van der Waals surface area contributed by atoms with E-state index in [-0.39, 0.29) is 11.6 Å². The smallest absolute Gasteiger partial charge is 0.241 e. The number of azo groups is 1. The molecule has 134 valence electrons. The molecule has 0 atom stereocenters. The van der Waals surface area contributed by atoms with Crippen molar-refractivity contribution in [3.63, 3.8) is 0 Å². The normalized spacial score (nSPS) is 11.4. The van der Waals surface area contributed by atoms with Crippen LogP contribution in [0.5, 0.6) is 5.75 Å². The minimum atomic E-state index is -0.351. The molecule has 0 aliphatic rings. The average Bonchev–Trinajstić information content (AvgIpc) is 2.75. The summed E-state index contributed by atoms with van der Waals surface area (Å²) in [6, 6.07) is 21.1. The van der Waals surface area contributed by atoms with Gasteiger partial charge in [-0.25, -0.2) is 4.98 Å². The summed E-state index contributed by atoms with van der Waals surface area (Å²) in [4.78, 5) is 16.8. The molecule has 0 unspecified atom stereocenters. The topological polar surface area (TPSA) is 88.3 Å². The van der Waals surface area contributed by atoms with Crippen LogP contribution in [0.25, 0.3) is 0 Å². The van der Waals surface area contributed by atoms with Gasteiger partial charge in [0.1, 0.15) is 5.75 Å². The Morgan fingerprint density at radius 2 is 1.70 bits per heavy atom. The molecule has 1 N–H and O–H groups in total. The van der Waals surface area contributed by atoms with Crippen molar-refractivity contribution in [3.8, 4) is 5.75 Å². The van der Waals surface area contributed by atoms with Crippen LogP contribution < -0.4 is 10.2 Å². The van der Waals surface area contributed by atoms with Crippen LogP contribution in [0.4, 0.5) is 11.5 Å². The largest absolute Gasteiger partial charge is 0.497 e. The fourth-order valence-corrected chi connectivity index (χ4v) is 2.13. The number of pyridine rings is 1. The third-order valence-corrected chi connectivity index (χ3v) is 3.52. The fourth-order valence-electron chi connectivity index (χ4n) is 2.13. The number of carbonyl (C=O) groups excluding carboxylic acids is 1. The molecule has 0 saturated carbocycles. The van der Waals surface area contributed by atoms with E-state index in [0.29, 0.717) is 17.1 Å². The number of nitrogens with one attached hydrogen (secondary N) is 1. The molecule has 0 radical (unpaired) electrons. The zero-order valence-corrected chi connectivity index (χ0v) is 14.6. The van der Waals surface area contributed by atoms with Crippen molar-refractivity contribution in [1.29, 1.82) is 0 Å². The number of hydrogen-bond donors (Lipinski definition) is 1. The van der Waals surface area contributed by atoms with Crippen LogP contribution in [0.15, 0.2) is 94.3 Å². The number of Topliss-reactive ketones (excluding diaryl/α,β-unsaturated/α-hetero) is 1. The Labute approximate surface area is 156 Å². The molecule has 0 fully saturated rings. The Hall–Kier alpha value is -3.87. The number of hydrazone groups is 1. The van der Waals surface area contributed by atoms with Gasteiger partial charge in [0.05, 0.1) is 12.8 Å². The van der Waals surface area contributed by atoms with E-state index < -0.39 is 0 Å². The van der Waals surface area contributed by atoms with Gasteiger partial charge in [0.2, 0.25) is 11.6 Å². The Bertz CT molecular complexity index is 939. The number of amidine groups is 1. The Balaban J connectivity index is 1.86. The highest BCUT2D eigenvalue weighted by Crippen LogP contribution is 2.15. The van der Waals surface area contributed by atoms with Gasteiger partial charge in [0.25, 0.3) is 0 Å². The Morgan fingerprint density at radius 1 is 0.963 bits per heavy atom. The van der Waals surface area contributed by atoms with Gasteiger partial charge in [-0.05, 0) is 36.4 Å². The predicted octanol–water partition coefficient (Wildman–Crippen LogP) is 4.48. The van der Waals surface area contributed by atoms with Gasteiger partial charge in [0.15, 0.2) is 5.82 Å². The van der Waals surface area contributed by atoms with Gasteiger partial charge in [-0.3, -0.25) is 10.2 Å². The lowest BCUT2D eigenvalue weighted by Crippen LogP contribution is -2.13. The first kappa shape index (κ1) is 17.9. The van der Waals surface area contributed by atoms with Crippen LogP contribution in [-0.4, -0.2) is 23.7 Å². The SMILES string of the molecule is COc1ccc(NN=C(N=Nc2ccccn2)C(=O)c2ccccc2)cc1. The van der Waals surface area contributed by atoms with E-state index in [4.69, 9.17) is 4.74 Å². The first-order chi connectivity index (χ1) is 13.3. The lowest BCUT2D eigenvalue weighted by molar-refractivity contribution is 0.106. The van der Waals surface area contributed by atoms with Gasteiger partial charge in [-0.1, -0.05) is 36.4 Å². The molecule has 1 aromatic heterocycles. The second kappa shape index (κ2) is 9.00. The summed E-state index contributed by atoms with van der Waals surface area (Å²) >= 11 is 0. The maximum atomic E-state index is 12.7. The molecule has 3 aromatic rings. The lowest BCUT2D eigenvalue weighted by atomic mass is 10.1. The quantitative estimate of drug-likeness (QED) is 0.231. The average molecular weight is 359 g/mol. The van der Waals surface area contributed by atoms with E-state index in [2.05, 4.69) is 25.7 Å². The highest BCUT2D eigenvalue weighted by molar-refractivity contribution is 6.45. The zero-order chi connectivity index (χ0) is 18.9. The fraction of sp³-hybridized carbons (Fsp3) is 0.0500. The number of anilines is 1. The summed E-state index contributed by atoms with van der Waals surface area (Å²) in [5.41, 5.74) is 3.97. The molecule has 0 amide bonds. The van der Waals surface area contributed by atoms with Crippen LogP contribution >= 0.6 is 0 Å². The Morgan fingerprint density at radius 3 is 2.37 bits per heavy atom. The van der Waals surface area contributed by atoms with Gasteiger partial charge in [0, 0.05) is 11.8 Å². The van der Waals surface area contributed by atoms with Crippen LogP contribution in [0.1, 0.15) is 10.4 Å². The van der Waals surface area contributed by atoms with E-state index >= 15 is 0 Å². The second-order valence-corrected chi connectivity index (χ2v) is 5.36. The number of ether oxygens (including phenoxy) is 1. The molecule has 0 aliphatic carbocycles. The minimum Gasteiger partial charge on any atom is -0.497 e. The number of rotatable bonds is 6. The second-order valence-electron chi connectivity index (χ2n) is 5.36. The molecule has 0 bridgehead atoms. The standard InChI is InChI=1S/C20H17N5O2/c1-27-17-12-10-16(11-13-17)22-24-20(19(26)15-7-3-2-4-8-15)25-23-18-9-5-6-14-21-18/h2-14,22H,1H3. The molecule has 27 heavy (non-hydrogen) atoms. The van der Waals surface area contributed by atoms with Crippen molar-refractivity contribution in [1.82, 2.24) is 4.98 Å². The molecular formula is C20H17N5O2. The molecule has 3 rings (SSSR count). The third kappa shape index (κ3) is 5.05. The van der Waals surface area contributed by atoms with E-state index in [1.165, 1.54) is 0 Å². The maximum absolute atomic E-state index is 12.7. The molecule has 7 heteroatoms. The molecule has 7 nitrogen and oxygen atoms in total. The molecule has 0 spiro atoms. The monoisotopic (exact) mass is 359 g/mol. The summed E-state index contributed by atoms with van der Waals surface area (Å²) in [7, 11) is 1.59. The number of hydrogen-bond acceptors (Lipinski definition) is 6. The molecule has 1 heterocycles. The summed E-state index contributed by atoms with van der Waals surface area (Å²) in [6.45, 7) is 0. The van der Waals surface area contributed by atoms with E-state index in [1.54, 1.807) is 80.0 Å². The van der Waals surface area contributed by atoms with Crippen molar-refractivity contribution in [2.75, 3.05) is 12.5 Å². The summed E-state index contributed by atoms with van der Waals surface area (Å²) in [5.74, 6) is 0.675. The number of carbonyl (C=O) groups is 1. The first-order valence-corrected chi connectivity index (χ1v) is 8.16. The number of methoxy groups -OCH3 is 1. The van der Waals surface area contributed by atoms with E-state index in [0.717, 1.165) is 5.75 Å². The van der Waals surface area contributed by atoms with Crippen LogP contribution in [-0.2, 0) is 0 Å². The third-order valence-electron chi connectivity index (χ3n) is 3.52. The molecule has 2 aromatic carbocycles. The van der Waals surface area contributed by atoms with E-state index in [9.17, 15) is 4.79 Å². The molecule has 0 aliphatic heterocycles. The molecule has 0 saturated heterocycles. The predicted molar refractivity (Wildman–Crippen MR) is 104 cm³/mol. The molecular weight excluding hydrogens is 342 g/mol. The summed E-state index contributed by atoms with van der Waals surface area (Å²) in [5, 5.41) is 12.1. The van der Waals surface area contributed by atoms with Gasteiger partial charge in [-0.2, -0.15) is 0 Å². The van der Waals surface area contributed by atoms with Gasteiger partial charge < -0.3 is 4.74 Å². The highest BCUT2D eigenvalue weighted by Gasteiger charge is 2.14. The van der Waals surface area contributed by atoms with Crippen LogP contribution in [0.2, 0.25) is 0 Å². The van der Waals surface area contributed by atoms with Gasteiger partial charge >= 0.3 is 0 Å². The number of nitrogens with zero attached hydrogens (tertiary/aromatic N) is 4. The van der Waals surface area contributed by atoms with Crippen molar-refractivity contribution >= 4 is 23.1 Å². The summed E-state index contributed by atoms with van der Waals surface area (Å²) < 4.78 is 5.12. The first-order valence-electron chi connectivity index (χ1n) is 8.16. The van der Waals surface area contributed by atoms with Crippen LogP contribution in [0, 0.1) is 0 Å². The minimum absolute atomic E-state index is 0.0809. The Kier molecular flexibility index (Phi) is 5.98. The van der Waals surface area contributed by atoms with E-state index in [1.807, 2.05) is 6.07 Å². The van der Waals surface area contributed by atoms with Gasteiger partial charge in [-0.15, -0.1) is 15.3 Å². The lowest BCUT2D eigenvalue weighted by Gasteiger charge is -2.04.